The van der Waals surface area contributed by atoms with Crippen LogP contribution in [-0.4, -0.2) is 32.5 Å². The highest BCUT2D eigenvalue weighted by atomic mass is 32.2. The van der Waals surface area contributed by atoms with Crippen molar-refractivity contribution in [2.75, 3.05) is 5.75 Å². The summed E-state index contributed by atoms with van der Waals surface area (Å²) >= 11 is 5.90. The van der Waals surface area contributed by atoms with Crippen molar-refractivity contribution in [3.05, 3.63) is 16.1 Å². The smallest absolute Gasteiger partial charge is 0.0944 e. The number of hydrogen-bond acceptors (Lipinski definition) is 6. The van der Waals surface area contributed by atoms with Crippen LogP contribution in [0, 0.1) is 0 Å². The standard InChI is InChI=1S/C15H27N3S3/c1-9-10(2)21-12(7-19-9)11(18-16)6-14-17-13(8-20-14)15(3,4)5/h8-12,18H,6-7,16H2,1-5H3. The van der Waals surface area contributed by atoms with Gasteiger partial charge in [-0.15, -0.1) is 11.3 Å². The summed E-state index contributed by atoms with van der Waals surface area (Å²) in [4.78, 5) is 4.80. The summed E-state index contributed by atoms with van der Waals surface area (Å²) in [6.45, 7) is 11.3. The summed E-state index contributed by atoms with van der Waals surface area (Å²) in [5.74, 6) is 7.00. The van der Waals surface area contributed by atoms with Crippen molar-refractivity contribution < 1.29 is 0 Å². The van der Waals surface area contributed by atoms with Crippen molar-refractivity contribution in [1.29, 1.82) is 0 Å². The van der Waals surface area contributed by atoms with Gasteiger partial charge in [-0.05, 0) is 0 Å². The maximum absolute atomic E-state index is 5.83. The van der Waals surface area contributed by atoms with E-state index in [1.54, 1.807) is 11.3 Å². The maximum atomic E-state index is 5.83. The minimum Gasteiger partial charge on any atom is -0.271 e. The summed E-state index contributed by atoms with van der Waals surface area (Å²) in [7, 11) is 0. The second-order valence-electron chi connectivity index (χ2n) is 6.77. The summed E-state index contributed by atoms with van der Waals surface area (Å²) in [6, 6.07) is 0.302. The van der Waals surface area contributed by atoms with Gasteiger partial charge in [0.15, 0.2) is 0 Å². The molecule has 1 aromatic heterocycles. The van der Waals surface area contributed by atoms with Crippen molar-refractivity contribution in [3.8, 4) is 0 Å². The van der Waals surface area contributed by atoms with Crippen LogP contribution < -0.4 is 11.3 Å². The van der Waals surface area contributed by atoms with E-state index in [9.17, 15) is 0 Å². The number of nitrogens with two attached hydrogens (primary N) is 1. The minimum absolute atomic E-state index is 0.125. The van der Waals surface area contributed by atoms with E-state index in [1.165, 1.54) is 16.5 Å². The average molecular weight is 346 g/mol. The van der Waals surface area contributed by atoms with E-state index in [2.05, 4.69) is 68.9 Å². The molecule has 0 aromatic carbocycles. The van der Waals surface area contributed by atoms with Crippen LogP contribution in [-0.2, 0) is 11.8 Å². The van der Waals surface area contributed by atoms with Gasteiger partial charge in [0.1, 0.15) is 0 Å². The lowest BCUT2D eigenvalue weighted by Crippen LogP contribution is -2.47. The van der Waals surface area contributed by atoms with Gasteiger partial charge < -0.3 is 0 Å². The molecule has 0 saturated carbocycles. The molecule has 2 heterocycles. The number of hydrazine groups is 1. The monoisotopic (exact) mass is 345 g/mol. The lowest BCUT2D eigenvalue weighted by Gasteiger charge is -2.35. The number of rotatable bonds is 4. The molecule has 4 unspecified atom stereocenters. The van der Waals surface area contributed by atoms with Crippen molar-refractivity contribution in [3.63, 3.8) is 0 Å². The first kappa shape index (κ1) is 17.6. The fourth-order valence-electron chi connectivity index (χ4n) is 2.25. The minimum atomic E-state index is 0.125. The van der Waals surface area contributed by atoms with E-state index in [0.29, 0.717) is 16.5 Å². The Morgan fingerprint density at radius 2 is 2.10 bits per heavy atom. The lowest BCUT2D eigenvalue weighted by atomic mass is 9.93. The molecule has 1 saturated heterocycles. The second-order valence-corrected chi connectivity index (χ2v) is 10.7. The first-order chi connectivity index (χ1) is 9.81. The summed E-state index contributed by atoms with van der Waals surface area (Å²) in [6.07, 6.45) is 0.927. The molecule has 1 aliphatic rings. The van der Waals surface area contributed by atoms with Crippen molar-refractivity contribution >= 4 is 34.9 Å². The third kappa shape index (κ3) is 4.61. The molecule has 3 N–H and O–H groups in total. The zero-order valence-electron chi connectivity index (χ0n) is 13.6. The van der Waals surface area contributed by atoms with Crippen LogP contribution in [0.2, 0.25) is 0 Å². The number of nitrogens with one attached hydrogen (secondary N) is 1. The van der Waals surface area contributed by atoms with E-state index in [4.69, 9.17) is 10.8 Å². The van der Waals surface area contributed by atoms with Gasteiger partial charge in [-0.3, -0.25) is 11.3 Å². The van der Waals surface area contributed by atoms with Crippen molar-refractivity contribution in [2.24, 2.45) is 5.84 Å². The molecule has 1 fully saturated rings. The average Bonchev–Trinajstić information content (AvgIpc) is 2.88. The van der Waals surface area contributed by atoms with Gasteiger partial charge in [-0.1, -0.05) is 34.6 Å². The van der Waals surface area contributed by atoms with E-state index in [-0.39, 0.29) is 5.41 Å². The largest absolute Gasteiger partial charge is 0.271 e. The normalized spacial score (nSPS) is 28.6. The topological polar surface area (TPSA) is 50.9 Å². The fraction of sp³-hybridized carbons (Fsp3) is 0.800. The van der Waals surface area contributed by atoms with Crippen LogP contribution in [0.3, 0.4) is 0 Å². The van der Waals surface area contributed by atoms with E-state index >= 15 is 0 Å². The lowest BCUT2D eigenvalue weighted by molar-refractivity contribution is 0.516. The summed E-state index contributed by atoms with van der Waals surface area (Å²) in [5, 5.41) is 5.37. The van der Waals surface area contributed by atoms with Crippen LogP contribution >= 0.6 is 34.9 Å². The Morgan fingerprint density at radius 3 is 2.62 bits per heavy atom. The molecule has 0 amide bonds. The Hall–Kier alpha value is 0.250. The third-order valence-electron chi connectivity index (χ3n) is 3.95. The van der Waals surface area contributed by atoms with Crippen molar-refractivity contribution in [1.82, 2.24) is 10.4 Å². The summed E-state index contributed by atoms with van der Waals surface area (Å²) < 4.78 is 0. The van der Waals surface area contributed by atoms with E-state index in [1.807, 2.05) is 0 Å². The van der Waals surface area contributed by atoms with Crippen LogP contribution in [0.25, 0.3) is 0 Å². The molecule has 2 rings (SSSR count). The number of thiazole rings is 1. The van der Waals surface area contributed by atoms with Gasteiger partial charge in [-0.2, -0.15) is 23.5 Å². The Labute approximate surface area is 141 Å². The molecular weight excluding hydrogens is 318 g/mol. The highest BCUT2D eigenvalue weighted by molar-refractivity contribution is 8.07. The van der Waals surface area contributed by atoms with E-state index < -0.39 is 0 Å². The number of aromatic nitrogens is 1. The molecule has 1 aliphatic heterocycles. The molecule has 4 atom stereocenters. The van der Waals surface area contributed by atoms with Gasteiger partial charge in [0.25, 0.3) is 0 Å². The van der Waals surface area contributed by atoms with Crippen LogP contribution in [0.15, 0.2) is 5.38 Å². The summed E-state index contributed by atoms with van der Waals surface area (Å²) in [5.41, 5.74) is 4.35. The molecule has 0 bridgehead atoms. The first-order valence-electron chi connectivity index (χ1n) is 7.49. The van der Waals surface area contributed by atoms with Crippen LogP contribution in [0.1, 0.15) is 45.3 Å². The predicted octanol–water partition coefficient (Wildman–Crippen LogP) is 3.44. The number of thioether (sulfide) groups is 2. The zero-order valence-corrected chi connectivity index (χ0v) is 16.0. The van der Waals surface area contributed by atoms with Crippen molar-refractivity contribution in [2.45, 2.75) is 68.2 Å². The molecule has 1 aromatic rings. The fourth-order valence-corrected chi connectivity index (χ4v) is 6.45. The zero-order chi connectivity index (χ0) is 15.6. The second kappa shape index (κ2) is 7.21. The molecule has 0 spiro atoms. The third-order valence-corrected chi connectivity index (χ3v) is 8.37. The molecule has 0 radical (unpaired) electrons. The van der Waals surface area contributed by atoms with Gasteiger partial charge >= 0.3 is 0 Å². The number of hydrogen-bond donors (Lipinski definition) is 2. The van der Waals surface area contributed by atoms with Crippen LogP contribution in [0.4, 0.5) is 0 Å². The Kier molecular flexibility index (Phi) is 6.05. The maximum Gasteiger partial charge on any atom is 0.0944 e. The Balaban J connectivity index is 2.01. The quantitative estimate of drug-likeness (QED) is 0.647. The predicted molar refractivity (Wildman–Crippen MR) is 98.4 cm³/mol. The van der Waals surface area contributed by atoms with Gasteiger partial charge in [0, 0.05) is 44.8 Å². The Bertz CT molecular complexity index is 455. The molecular formula is C15H27N3S3. The van der Waals surface area contributed by atoms with E-state index in [0.717, 1.165) is 11.7 Å². The highest BCUT2D eigenvalue weighted by Gasteiger charge is 2.31. The van der Waals surface area contributed by atoms with Crippen LogP contribution in [0.5, 0.6) is 0 Å². The van der Waals surface area contributed by atoms with Gasteiger partial charge in [0.2, 0.25) is 0 Å². The molecule has 0 aliphatic carbocycles. The number of nitrogens with zero attached hydrogens (tertiary/aromatic N) is 1. The van der Waals surface area contributed by atoms with Gasteiger partial charge in [-0.25, -0.2) is 4.98 Å². The highest BCUT2D eigenvalue weighted by Crippen LogP contribution is 2.37. The Morgan fingerprint density at radius 1 is 1.38 bits per heavy atom. The van der Waals surface area contributed by atoms with Gasteiger partial charge in [0.05, 0.1) is 10.7 Å². The SMILES string of the molecule is CC1SCC(C(Cc2nc(C(C)(C)C)cs2)NN)SC1C. The molecule has 120 valence electrons. The molecule has 6 heteroatoms. The molecule has 21 heavy (non-hydrogen) atoms. The molecule has 3 nitrogen and oxygen atoms in total. The first-order valence-corrected chi connectivity index (χ1v) is 10.4.